The molecule has 0 fully saturated rings. The number of ether oxygens (including phenoxy) is 3. The van der Waals surface area contributed by atoms with Crippen molar-refractivity contribution in [3.63, 3.8) is 0 Å². The number of nitrogens with zero attached hydrogens (tertiary/aromatic N) is 2. The highest BCUT2D eigenvalue weighted by atomic mass is 32.1. The van der Waals surface area contributed by atoms with Gasteiger partial charge in [0.2, 0.25) is 0 Å². The summed E-state index contributed by atoms with van der Waals surface area (Å²) in [5, 5.41) is 0. The molecular weight excluding hydrogens is 495 g/mol. The molecule has 1 aromatic heterocycles. The number of aromatic nitrogens is 1. The van der Waals surface area contributed by atoms with E-state index >= 15 is 0 Å². The normalized spacial score (nSPS) is 15.1. The number of hydrogen-bond donors (Lipinski definition) is 0. The maximum Gasteiger partial charge on any atom is 0.338 e. The summed E-state index contributed by atoms with van der Waals surface area (Å²) in [6, 6.07) is 10.3. The number of hydrogen-bond acceptors (Lipinski definition) is 7. The average Bonchev–Trinajstić information content (AvgIpc) is 3.17. The van der Waals surface area contributed by atoms with E-state index in [1.807, 2.05) is 13.0 Å². The summed E-state index contributed by atoms with van der Waals surface area (Å²) in [7, 11) is 0. The fourth-order valence-electron chi connectivity index (χ4n) is 4.05. The summed E-state index contributed by atoms with van der Waals surface area (Å²) >= 11 is 1.21. The molecule has 0 unspecified atom stereocenters. The molecule has 1 atom stereocenters. The second kappa shape index (κ2) is 11.4. The topological polar surface area (TPSA) is 79.1 Å². The van der Waals surface area contributed by atoms with E-state index in [0.29, 0.717) is 45.3 Å². The quantitative estimate of drug-likeness (QED) is 0.315. The van der Waals surface area contributed by atoms with Crippen LogP contribution in [0.5, 0.6) is 11.5 Å². The van der Waals surface area contributed by atoms with E-state index in [0.717, 1.165) is 5.56 Å². The number of benzene rings is 2. The Bertz CT molecular complexity index is 1540. The van der Waals surface area contributed by atoms with Crippen LogP contribution in [0.25, 0.3) is 6.08 Å². The summed E-state index contributed by atoms with van der Waals surface area (Å²) in [5.74, 6) is 0.144. The van der Waals surface area contributed by atoms with Crippen LogP contribution in [0.4, 0.5) is 4.39 Å². The minimum absolute atomic E-state index is 0.171. The van der Waals surface area contributed by atoms with Gasteiger partial charge in [-0.2, -0.15) is 0 Å². The molecule has 0 N–H and O–H groups in total. The molecule has 0 bridgehead atoms. The van der Waals surface area contributed by atoms with Crippen LogP contribution in [0.1, 0.15) is 37.9 Å². The molecule has 9 heteroatoms. The SMILES string of the molecule is C=CCOc1ccc(/C=c2\sc3n(c2=O)[C@@H](c2ccc(F)cc2)C(C(=O)OCC)=C(C)N=3)cc1OCC. The van der Waals surface area contributed by atoms with E-state index in [1.54, 1.807) is 50.3 Å². The van der Waals surface area contributed by atoms with Gasteiger partial charge >= 0.3 is 5.97 Å². The first-order chi connectivity index (χ1) is 17.9. The molecular formula is C28H27FN2O5S. The zero-order chi connectivity index (χ0) is 26.5. The van der Waals surface area contributed by atoms with Crippen LogP contribution in [0.2, 0.25) is 0 Å². The number of carbonyl (C=O) groups is 1. The van der Waals surface area contributed by atoms with Crippen LogP contribution in [-0.2, 0) is 9.53 Å². The van der Waals surface area contributed by atoms with E-state index in [9.17, 15) is 14.0 Å². The Hall–Kier alpha value is -3.98. The number of rotatable bonds is 9. The Morgan fingerprint density at radius 1 is 1.14 bits per heavy atom. The summed E-state index contributed by atoms with van der Waals surface area (Å²) in [6.07, 6.45) is 3.39. The van der Waals surface area contributed by atoms with E-state index < -0.39 is 17.8 Å². The first-order valence-electron chi connectivity index (χ1n) is 11.8. The standard InChI is InChI=1S/C28H27FN2O5S/c1-5-14-36-21-13-8-18(15-22(21)34-6-2)16-23-26(32)31-25(19-9-11-20(29)12-10-19)24(27(33)35-7-3)17(4)30-28(31)37-23/h5,8-13,15-16,25H,1,6-7,14H2,2-4H3/b23-16-/t25-/m0/s1. The Balaban J connectivity index is 1.87. The van der Waals surface area contributed by atoms with Crippen LogP contribution in [0, 0.1) is 5.82 Å². The molecule has 0 spiro atoms. The second-order valence-corrected chi connectivity index (χ2v) is 9.10. The van der Waals surface area contributed by atoms with Crippen molar-refractivity contribution in [3.8, 4) is 11.5 Å². The zero-order valence-electron chi connectivity index (χ0n) is 20.8. The van der Waals surface area contributed by atoms with Gasteiger partial charge in [-0.25, -0.2) is 14.2 Å². The first kappa shape index (κ1) is 26.1. The van der Waals surface area contributed by atoms with Crippen molar-refractivity contribution >= 4 is 23.4 Å². The van der Waals surface area contributed by atoms with Crippen LogP contribution < -0.4 is 24.4 Å². The van der Waals surface area contributed by atoms with Gasteiger partial charge in [-0.15, -0.1) is 0 Å². The highest BCUT2D eigenvalue weighted by Gasteiger charge is 2.33. The summed E-state index contributed by atoms with van der Waals surface area (Å²) < 4.78 is 32.2. The molecule has 2 aromatic carbocycles. The highest BCUT2D eigenvalue weighted by molar-refractivity contribution is 7.07. The van der Waals surface area contributed by atoms with Crippen molar-refractivity contribution in [2.24, 2.45) is 4.99 Å². The van der Waals surface area contributed by atoms with Gasteiger partial charge in [-0.05, 0) is 62.2 Å². The van der Waals surface area contributed by atoms with Crippen LogP contribution in [0.3, 0.4) is 0 Å². The highest BCUT2D eigenvalue weighted by Crippen LogP contribution is 2.31. The number of thiazole rings is 1. The molecule has 4 rings (SSSR count). The number of fused-ring (bicyclic) bond motifs is 1. The van der Waals surface area contributed by atoms with Gasteiger partial charge in [0.05, 0.1) is 35.1 Å². The maximum absolute atomic E-state index is 13.7. The Morgan fingerprint density at radius 3 is 2.57 bits per heavy atom. The molecule has 2 heterocycles. The first-order valence-corrected chi connectivity index (χ1v) is 12.6. The van der Waals surface area contributed by atoms with Crippen molar-refractivity contribution < 1.29 is 23.4 Å². The van der Waals surface area contributed by atoms with Crippen LogP contribution in [0.15, 0.2) is 76.2 Å². The van der Waals surface area contributed by atoms with Crippen LogP contribution in [-0.4, -0.2) is 30.4 Å². The van der Waals surface area contributed by atoms with E-state index in [1.165, 1.54) is 28.0 Å². The summed E-state index contributed by atoms with van der Waals surface area (Å²) in [6.45, 7) is 9.91. The van der Waals surface area contributed by atoms with Gasteiger partial charge in [0.15, 0.2) is 16.3 Å². The molecule has 3 aromatic rings. The van der Waals surface area contributed by atoms with Gasteiger partial charge in [-0.1, -0.05) is 42.2 Å². The average molecular weight is 523 g/mol. The molecule has 1 aliphatic rings. The van der Waals surface area contributed by atoms with E-state index in [4.69, 9.17) is 14.2 Å². The van der Waals surface area contributed by atoms with Gasteiger partial charge in [-0.3, -0.25) is 9.36 Å². The fourth-order valence-corrected chi connectivity index (χ4v) is 5.10. The third-order valence-electron chi connectivity index (χ3n) is 5.62. The van der Waals surface area contributed by atoms with E-state index in [2.05, 4.69) is 11.6 Å². The third-order valence-corrected chi connectivity index (χ3v) is 6.61. The van der Waals surface area contributed by atoms with Crippen molar-refractivity contribution in [2.45, 2.75) is 26.8 Å². The summed E-state index contributed by atoms with van der Waals surface area (Å²) in [5.41, 5.74) is 1.68. The molecule has 192 valence electrons. The third kappa shape index (κ3) is 5.41. The van der Waals surface area contributed by atoms with Crippen molar-refractivity contribution in [1.82, 2.24) is 4.57 Å². The molecule has 37 heavy (non-hydrogen) atoms. The number of carbonyl (C=O) groups excluding carboxylic acids is 1. The lowest BCUT2D eigenvalue weighted by atomic mass is 9.96. The van der Waals surface area contributed by atoms with Crippen molar-refractivity contribution in [1.29, 1.82) is 0 Å². The van der Waals surface area contributed by atoms with Gasteiger partial charge in [0, 0.05) is 0 Å². The number of halogens is 1. The largest absolute Gasteiger partial charge is 0.490 e. The Morgan fingerprint density at radius 2 is 1.89 bits per heavy atom. The smallest absolute Gasteiger partial charge is 0.338 e. The second-order valence-electron chi connectivity index (χ2n) is 8.09. The molecule has 1 aliphatic heterocycles. The molecule has 0 aliphatic carbocycles. The minimum Gasteiger partial charge on any atom is -0.490 e. The molecule has 0 saturated carbocycles. The lowest BCUT2D eigenvalue weighted by Crippen LogP contribution is -2.39. The molecule has 0 saturated heterocycles. The van der Waals surface area contributed by atoms with E-state index in [-0.39, 0.29) is 17.7 Å². The van der Waals surface area contributed by atoms with Crippen molar-refractivity contribution in [3.05, 3.63) is 103 Å². The zero-order valence-corrected chi connectivity index (χ0v) is 21.6. The molecule has 7 nitrogen and oxygen atoms in total. The molecule has 0 radical (unpaired) electrons. The predicted molar refractivity (Wildman–Crippen MR) is 140 cm³/mol. The minimum atomic E-state index is -0.799. The molecule has 0 amide bonds. The predicted octanol–water partition coefficient (Wildman–Crippen LogP) is 3.90. The monoisotopic (exact) mass is 522 g/mol. The lowest BCUT2D eigenvalue weighted by molar-refractivity contribution is -0.139. The van der Waals surface area contributed by atoms with Crippen molar-refractivity contribution in [2.75, 3.05) is 19.8 Å². The maximum atomic E-state index is 13.7. The Kier molecular flexibility index (Phi) is 8.03. The lowest BCUT2D eigenvalue weighted by Gasteiger charge is -2.24. The fraction of sp³-hybridized carbons (Fsp3) is 0.250. The summed E-state index contributed by atoms with van der Waals surface area (Å²) in [4.78, 5) is 31.6. The van der Waals surface area contributed by atoms with Crippen LogP contribution >= 0.6 is 11.3 Å². The number of esters is 1. The van der Waals surface area contributed by atoms with Gasteiger partial charge < -0.3 is 14.2 Å². The Labute approximate surface area is 217 Å². The van der Waals surface area contributed by atoms with Gasteiger partial charge in [0.25, 0.3) is 5.56 Å². The number of allylic oxidation sites excluding steroid dienone is 1. The van der Waals surface area contributed by atoms with Gasteiger partial charge in [0.1, 0.15) is 12.4 Å².